The molecule has 4 nitrogen and oxygen atoms in total. The molecule has 2 atom stereocenters. The van der Waals surface area contributed by atoms with Gasteiger partial charge in [0.2, 0.25) is 0 Å². The zero-order valence-electron chi connectivity index (χ0n) is 11.6. The monoisotopic (exact) mass is 346 g/mol. The molecule has 130 valence electrons. The number of hydrogen-bond acceptors (Lipinski definition) is 4. The van der Waals surface area contributed by atoms with Crippen LogP contribution in [0.5, 0.6) is 0 Å². The molecule has 0 aliphatic rings. The van der Waals surface area contributed by atoms with Gasteiger partial charge in [0.25, 0.3) is 0 Å². The zero-order valence-corrected chi connectivity index (χ0v) is 11.6. The van der Waals surface area contributed by atoms with Gasteiger partial charge in [0, 0.05) is 0 Å². The Kier molecular flexibility index (Phi) is 5.65. The molecule has 0 spiro atoms. The minimum absolute atomic E-state index is 0.108. The first-order chi connectivity index (χ1) is 10.4. The van der Waals surface area contributed by atoms with Crippen molar-refractivity contribution in [3.05, 3.63) is 34.9 Å². The van der Waals surface area contributed by atoms with Crippen molar-refractivity contribution in [2.75, 3.05) is 7.11 Å². The summed E-state index contributed by atoms with van der Waals surface area (Å²) in [5, 5.41) is 19.3. The Hall–Kier alpha value is -1.81. The minimum Gasteiger partial charge on any atom is -0.469 e. The van der Waals surface area contributed by atoms with E-state index in [0.717, 1.165) is 7.11 Å². The molecule has 23 heavy (non-hydrogen) atoms. The molecule has 0 aromatic heterocycles. The first kappa shape index (κ1) is 19.2. The second-order valence-corrected chi connectivity index (χ2v) is 4.63. The highest BCUT2D eigenvalue weighted by molar-refractivity contribution is 5.69. The molecule has 1 aromatic carbocycles. The molecule has 0 heterocycles. The van der Waals surface area contributed by atoms with Crippen molar-refractivity contribution in [1.82, 2.24) is 0 Å². The lowest BCUT2D eigenvalue weighted by Crippen LogP contribution is -2.23. The van der Waals surface area contributed by atoms with Crippen LogP contribution >= 0.6 is 0 Å². The van der Waals surface area contributed by atoms with E-state index in [4.69, 9.17) is 0 Å². The number of benzene rings is 1. The number of aliphatic hydroxyl groups excluding tert-OH is 2. The molecule has 2 N–H and O–H groups in total. The molecular weight excluding hydrogens is 334 g/mol. The summed E-state index contributed by atoms with van der Waals surface area (Å²) in [6.45, 7) is 0. The van der Waals surface area contributed by atoms with Gasteiger partial charge in [-0.15, -0.1) is 0 Å². The fourth-order valence-corrected chi connectivity index (χ4v) is 1.74. The van der Waals surface area contributed by atoms with Gasteiger partial charge >= 0.3 is 18.3 Å². The molecule has 0 saturated heterocycles. The van der Waals surface area contributed by atoms with Crippen molar-refractivity contribution in [3.8, 4) is 0 Å². The van der Waals surface area contributed by atoms with Gasteiger partial charge in [-0.1, -0.05) is 0 Å². The van der Waals surface area contributed by atoms with Crippen LogP contribution in [0.15, 0.2) is 18.2 Å². The van der Waals surface area contributed by atoms with Gasteiger partial charge in [-0.05, 0) is 23.8 Å². The van der Waals surface area contributed by atoms with Gasteiger partial charge in [0.1, 0.15) is 6.10 Å². The maximum Gasteiger partial charge on any atom is 0.416 e. The number of aliphatic hydroxyl groups is 2. The van der Waals surface area contributed by atoms with E-state index < -0.39 is 53.6 Å². The van der Waals surface area contributed by atoms with Crippen LogP contribution in [-0.4, -0.2) is 29.4 Å². The van der Waals surface area contributed by atoms with Crippen LogP contribution in [0.4, 0.5) is 26.3 Å². The van der Waals surface area contributed by atoms with Gasteiger partial charge < -0.3 is 14.9 Å². The molecule has 0 aliphatic heterocycles. The summed E-state index contributed by atoms with van der Waals surface area (Å²) >= 11 is 0. The third-order valence-corrected chi connectivity index (χ3v) is 2.92. The highest BCUT2D eigenvalue weighted by Gasteiger charge is 2.38. The highest BCUT2D eigenvalue weighted by atomic mass is 19.4. The molecule has 0 radical (unpaired) electrons. The van der Waals surface area contributed by atoms with E-state index in [0.29, 0.717) is 0 Å². The Bertz CT molecular complexity index is 534. The average molecular weight is 346 g/mol. The number of esters is 1. The van der Waals surface area contributed by atoms with Crippen LogP contribution in [0.2, 0.25) is 0 Å². The number of rotatable bonds is 4. The Labute approximate surface area is 126 Å². The molecule has 0 fully saturated rings. The van der Waals surface area contributed by atoms with Crippen molar-refractivity contribution in [2.45, 2.75) is 31.0 Å². The largest absolute Gasteiger partial charge is 0.469 e. The van der Waals surface area contributed by atoms with E-state index in [1.54, 1.807) is 0 Å². The van der Waals surface area contributed by atoms with Crippen molar-refractivity contribution >= 4 is 5.97 Å². The molecule has 1 rings (SSSR count). The first-order valence-electron chi connectivity index (χ1n) is 6.08. The Morgan fingerprint density at radius 2 is 1.48 bits per heavy atom. The number of carbonyl (C=O) groups excluding carboxylic acids is 1. The maximum atomic E-state index is 12.7. The van der Waals surface area contributed by atoms with Crippen molar-refractivity contribution in [2.24, 2.45) is 0 Å². The summed E-state index contributed by atoms with van der Waals surface area (Å²) in [7, 11) is 0.966. The lowest BCUT2D eigenvalue weighted by Gasteiger charge is -2.20. The van der Waals surface area contributed by atoms with E-state index in [1.165, 1.54) is 0 Å². The predicted molar refractivity (Wildman–Crippen MR) is 64.0 cm³/mol. The summed E-state index contributed by atoms with van der Waals surface area (Å²) < 4.78 is 80.3. The van der Waals surface area contributed by atoms with E-state index in [-0.39, 0.29) is 18.2 Å². The van der Waals surface area contributed by atoms with Crippen LogP contribution in [0.3, 0.4) is 0 Å². The number of halogens is 6. The van der Waals surface area contributed by atoms with Gasteiger partial charge in [-0.25, -0.2) is 0 Å². The van der Waals surface area contributed by atoms with Gasteiger partial charge in [0.05, 0.1) is 30.8 Å². The lowest BCUT2D eigenvalue weighted by atomic mass is 9.97. The number of hydrogen-bond donors (Lipinski definition) is 2. The van der Waals surface area contributed by atoms with E-state index in [2.05, 4.69) is 4.74 Å². The van der Waals surface area contributed by atoms with Crippen molar-refractivity contribution in [1.29, 1.82) is 0 Å². The molecule has 0 bridgehead atoms. The summed E-state index contributed by atoms with van der Waals surface area (Å²) in [6, 6.07) is 0.448. The summed E-state index contributed by atoms with van der Waals surface area (Å²) in [4.78, 5) is 11.0. The molecule has 2 unspecified atom stereocenters. The molecule has 0 saturated carbocycles. The van der Waals surface area contributed by atoms with Crippen molar-refractivity contribution < 1.29 is 46.1 Å². The van der Waals surface area contributed by atoms with Gasteiger partial charge in [-0.3, -0.25) is 4.79 Å². The fraction of sp³-hybridized carbons (Fsp3) is 0.462. The van der Waals surface area contributed by atoms with E-state index >= 15 is 0 Å². The predicted octanol–water partition coefficient (Wildman–Crippen LogP) is 2.68. The third-order valence-electron chi connectivity index (χ3n) is 2.92. The third kappa shape index (κ3) is 5.10. The average Bonchev–Trinajstić information content (AvgIpc) is 2.43. The zero-order chi connectivity index (χ0) is 18.0. The van der Waals surface area contributed by atoms with Crippen LogP contribution < -0.4 is 0 Å². The smallest absolute Gasteiger partial charge is 0.416 e. The van der Waals surface area contributed by atoms with Gasteiger partial charge in [-0.2, -0.15) is 26.3 Å². The van der Waals surface area contributed by atoms with Gasteiger partial charge in [0.15, 0.2) is 0 Å². The fourth-order valence-electron chi connectivity index (χ4n) is 1.74. The Balaban J connectivity index is 3.26. The quantitative estimate of drug-likeness (QED) is 0.650. The number of carbonyl (C=O) groups is 1. The van der Waals surface area contributed by atoms with Crippen LogP contribution in [0, 0.1) is 0 Å². The van der Waals surface area contributed by atoms with Crippen LogP contribution in [0.25, 0.3) is 0 Å². The standard InChI is InChI=1S/C13H12F6O4/c1-23-10(21)5-9(20)11(22)6-2-7(12(14,15)16)4-8(3-6)13(17,18)19/h2-4,9,11,20,22H,5H2,1H3. The SMILES string of the molecule is COC(=O)CC(O)C(O)c1cc(C(F)(F)F)cc(C(F)(F)F)c1. The second kappa shape index (κ2) is 6.75. The molecule has 0 aliphatic carbocycles. The van der Waals surface area contributed by atoms with Crippen LogP contribution in [-0.2, 0) is 21.9 Å². The maximum absolute atomic E-state index is 12.7. The van der Waals surface area contributed by atoms with Crippen molar-refractivity contribution in [3.63, 3.8) is 0 Å². The summed E-state index contributed by atoms with van der Waals surface area (Å²) in [5.74, 6) is -0.987. The Morgan fingerprint density at radius 3 is 1.83 bits per heavy atom. The van der Waals surface area contributed by atoms with Crippen LogP contribution in [0.1, 0.15) is 29.2 Å². The molecule has 1 aromatic rings. The highest BCUT2D eigenvalue weighted by Crippen LogP contribution is 2.38. The first-order valence-corrected chi connectivity index (χ1v) is 6.08. The second-order valence-electron chi connectivity index (χ2n) is 4.63. The Morgan fingerprint density at radius 1 is 1.04 bits per heavy atom. The summed E-state index contributed by atoms with van der Waals surface area (Å²) in [5.41, 5.74) is -4.08. The lowest BCUT2D eigenvalue weighted by molar-refractivity contribution is -0.146. The number of alkyl halides is 6. The minimum atomic E-state index is -5.08. The molecule has 0 amide bonds. The normalized spacial score (nSPS) is 15.2. The molecular formula is C13H12F6O4. The topological polar surface area (TPSA) is 66.8 Å². The molecule has 10 heteroatoms. The van der Waals surface area contributed by atoms with E-state index in [1.807, 2.05) is 0 Å². The summed E-state index contributed by atoms with van der Waals surface area (Å²) in [6.07, 6.45) is -15.0. The van der Waals surface area contributed by atoms with E-state index in [9.17, 15) is 41.4 Å². The number of ether oxygens (including phenoxy) is 1. The number of methoxy groups -OCH3 is 1.